The zero-order chi connectivity index (χ0) is 85.1. The van der Waals surface area contributed by atoms with E-state index in [-0.39, 0.29) is 17.8 Å². The second-order valence-electron chi connectivity index (χ2n) is 32.5. The fourth-order valence-electron chi connectivity index (χ4n) is 18.0. The van der Waals surface area contributed by atoms with Crippen molar-refractivity contribution in [2.24, 2.45) is 45.9 Å². The molecule has 2 aliphatic carbocycles. The van der Waals surface area contributed by atoms with Crippen molar-refractivity contribution in [2.45, 2.75) is 118 Å². The van der Waals surface area contributed by atoms with Crippen molar-refractivity contribution in [1.29, 1.82) is 0 Å². The molecule has 2 saturated carbocycles. The number of hydrogen-bond acceptors (Lipinski definition) is 8. The summed E-state index contributed by atoms with van der Waals surface area (Å²) in [5.74, 6) is 0.0582. The van der Waals surface area contributed by atoms with E-state index < -0.39 is 19.1 Å². The van der Waals surface area contributed by atoms with E-state index in [1.165, 1.54) is 28.6 Å². The number of benzene rings is 8. The Hall–Kier alpha value is -12.8. The van der Waals surface area contributed by atoms with Gasteiger partial charge in [0, 0.05) is 130 Å². The van der Waals surface area contributed by atoms with E-state index in [4.69, 9.17) is 25.9 Å². The van der Waals surface area contributed by atoms with Crippen molar-refractivity contribution >= 4 is 131 Å². The Bertz CT molecular complexity index is 7600. The second-order valence-corrected chi connectivity index (χ2v) is 32.5. The van der Waals surface area contributed by atoms with Crippen LogP contribution in [0.4, 0.5) is 0 Å². The van der Waals surface area contributed by atoms with Gasteiger partial charge in [0.1, 0.15) is 50.5 Å². The summed E-state index contributed by atoms with van der Waals surface area (Å²) in [6.45, 7) is 12.3. The van der Waals surface area contributed by atoms with Crippen LogP contribution in [0.15, 0.2) is 267 Å². The fraction of sp³-hybridized carbons (Fsp3) is 0.238. The summed E-state index contributed by atoms with van der Waals surface area (Å²) in [6.07, 6.45) is 21.0. The van der Waals surface area contributed by atoms with Gasteiger partial charge in [0.2, 0.25) is 45.6 Å². The van der Waals surface area contributed by atoms with Gasteiger partial charge in [-0.3, -0.25) is 0 Å². The van der Waals surface area contributed by atoms with E-state index in [0.717, 1.165) is 216 Å². The predicted molar refractivity (Wildman–Crippen MR) is 476 cm³/mol. The van der Waals surface area contributed by atoms with E-state index in [0.29, 0.717) is 28.4 Å². The molecule has 0 saturated heterocycles. The summed E-state index contributed by atoms with van der Waals surface area (Å²) in [7, 11) is 8.10. The van der Waals surface area contributed by atoms with Gasteiger partial charge in [-0.1, -0.05) is 169 Å². The largest absolute Gasteiger partial charge is 0.438 e. The van der Waals surface area contributed by atoms with Crippen LogP contribution in [0.3, 0.4) is 0 Å². The molecule has 0 N–H and O–H groups in total. The van der Waals surface area contributed by atoms with Gasteiger partial charge >= 0.3 is 0 Å². The molecule has 12 heteroatoms. The maximum absolute atomic E-state index is 8.96. The third-order valence-corrected chi connectivity index (χ3v) is 24.0. The monoisotopic (exact) mass is 1540 g/mol. The highest BCUT2D eigenvalue weighted by Gasteiger charge is 2.27. The lowest BCUT2D eigenvalue weighted by Gasteiger charge is -2.21. The molecule has 8 aromatic carbocycles. The maximum atomic E-state index is 8.96. The minimum atomic E-state index is -1.40. The van der Waals surface area contributed by atoms with Crippen molar-refractivity contribution in [3.63, 3.8) is 0 Å². The predicted octanol–water partition coefficient (Wildman–Crippen LogP) is 24.8. The van der Waals surface area contributed by atoms with Crippen LogP contribution in [-0.4, -0.2) is 19.9 Å². The lowest BCUT2D eigenvalue weighted by atomic mass is 9.85. The van der Waals surface area contributed by atoms with E-state index in [2.05, 4.69) is 190 Å². The topological polar surface area (TPSA) is 120 Å². The fourth-order valence-corrected chi connectivity index (χ4v) is 18.0. The first-order chi connectivity index (χ1) is 59.4. The molecule has 12 nitrogen and oxygen atoms in total. The Balaban J connectivity index is 0.000000108. The smallest absolute Gasteiger partial charge is 0.227 e. The number of rotatable bonds is 10. The van der Waals surface area contributed by atoms with Crippen LogP contribution in [0.2, 0.25) is 0 Å². The molecule has 22 rings (SSSR count). The molecule has 0 radical (unpaired) electrons. The third kappa shape index (κ3) is 14.3. The zero-order valence-corrected chi connectivity index (χ0v) is 68.0. The van der Waals surface area contributed by atoms with Gasteiger partial charge in [0.25, 0.3) is 0 Å². The Morgan fingerprint density at radius 3 is 1.01 bits per heavy atom. The van der Waals surface area contributed by atoms with Gasteiger partial charge in [-0.25, -0.2) is 38.2 Å². The van der Waals surface area contributed by atoms with Gasteiger partial charge in [0.15, 0.2) is 24.8 Å². The van der Waals surface area contributed by atoms with Crippen LogP contribution in [0.1, 0.15) is 119 Å². The van der Waals surface area contributed by atoms with Gasteiger partial charge in [-0.15, -0.1) is 0 Å². The van der Waals surface area contributed by atoms with Crippen molar-refractivity contribution in [3.8, 4) is 45.0 Å². The first kappa shape index (κ1) is 67.5. The lowest BCUT2D eigenvalue weighted by Crippen LogP contribution is -2.31. The van der Waals surface area contributed by atoms with Crippen LogP contribution < -0.4 is 18.3 Å². The Morgan fingerprint density at radius 2 is 0.632 bits per heavy atom. The van der Waals surface area contributed by atoms with Gasteiger partial charge in [0.05, 0.1) is 38.2 Å². The molecule has 2 aliphatic rings. The van der Waals surface area contributed by atoms with Crippen LogP contribution in [0.25, 0.3) is 176 Å². The SMILES string of the molecule is Cc1cc2oc3ncc4ccccc4c3c2cc1-c1cccc[n+]1C.[2H]C([2H])(c1cc[n+](C)c(-c2cc3oc4ncc5ccccc5c4c3cc2C)c1)C(C)C.[2H]C([2H])(c1cc[n+](C)c(-c2cc3oc4ncc5ccccc5c4c3cc2C)c1)C1CCCC1.[2H]C([2H])(c1cc[n+](C)c(-c2cc3oc4ncc5ccccc5c4c3cc2C)c1)C1CCCCC1. The first-order valence-electron chi connectivity index (χ1n) is 44.1. The highest BCUT2D eigenvalue weighted by atomic mass is 16.4. The Labute approximate surface area is 689 Å². The second kappa shape index (κ2) is 31.1. The molecule has 578 valence electrons. The quantitative estimate of drug-likeness (QED) is 0.124. The molecule has 0 spiro atoms. The zero-order valence-electron chi connectivity index (χ0n) is 74.0. The molecular weight excluding hydrogens is 1440 g/mol. The molecule has 117 heavy (non-hydrogen) atoms. The van der Waals surface area contributed by atoms with Crippen LogP contribution >= 0.6 is 0 Å². The highest BCUT2D eigenvalue weighted by Crippen LogP contribution is 2.43. The number of furan rings is 4. The summed E-state index contributed by atoms with van der Waals surface area (Å²) in [5.41, 5.74) is 21.2. The van der Waals surface area contributed by atoms with Crippen molar-refractivity contribution in [2.75, 3.05) is 0 Å². The first-order valence-corrected chi connectivity index (χ1v) is 41.1. The summed E-state index contributed by atoms with van der Waals surface area (Å²) in [6, 6.07) is 68.3. The Morgan fingerprint density at radius 1 is 0.325 bits per heavy atom. The molecular formula is C105H98N8O4+4. The molecule has 0 aliphatic heterocycles. The summed E-state index contributed by atoms with van der Waals surface area (Å²) in [5, 5.41) is 17.6. The molecule has 0 unspecified atom stereocenters. The lowest BCUT2D eigenvalue weighted by molar-refractivity contribution is -0.660. The third-order valence-electron chi connectivity index (χ3n) is 24.0. The number of aromatic nitrogens is 8. The van der Waals surface area contributed by atoms with Gasteiger partial charge < -0.3 is 17.7 Å². The minimum Gasteiger partial charge on any atom is -0.438 e. The average Bonchev–Trinajstić information content (AvgIpc) is 1.62. The highest BCUT2D eigenvalue weighted by molar-refractivity contribution is 6.21. The molecule has 12 aromatic heterocycles. The van der Waals surface area contributed by atoms with Gasteiger partial charge in [-0.05, 0) is 180 Å². The molecule has 12 heterocycles. The van der Waals surface area contributed by atoms with Crippen LogP contribution in [-0.2, 0) is 47.3 Å². The van der Waals surface area contributed by atoms with Crippen LogP contribution in [0, 0.1) is 45.4 Å². The molecule has 0 bridgehead atoms. The molecule has 2 fully saturated rings. The average molecular weight is 1540 g/mol. The summed E-state index contributed by atoms with van der Waals surface area (Å²) >= 11 is 0. The molecule has 0 atom stereocenters. The van der Waals surface area contributed by atoms with Crippen LogP contribution in [0.5, 0.6) is 0 Å². The van der Waals surface area contributed by atoms with Crippen molar-refractivity contribution < 1.29 is 44.2 Å². The standard InChI is InChI=1S/C29H29N2O.C28H27N2O.C26H25N2O.C22H17N2O/c1-19-14-25-27(32-29-28(25)23-11-7-6-10-22(23)18-30-29)17-24(19)26-16-21(12-13-31(26)2)15-20-8-4-3-5-9-20;1-18-13-24-26(31-28-27(24)22-10-6-5-9-21(22)17-29-28)16-23(18)25-15-20(11-12-30(25)2)14-19-7-3-4-8-19;1-16(2)11-18-9-10-28(4)23(13-18)21-14-24-22(12-17(21)3)25-20-8-6-5-7-19(20)15-27-26(25)29-24;1-14-11-20-18(12-17(14)19-9-5-6-10-24(19)2)21-16-8-4-3-7-15(16)13-23-22(21)25-20/h6-7,10-14,16-18,20H,3-5,8-9,15H2,1-2H3;5-6,9-13,15-17,19H,3-4,7-8,14H2,1-2H3;5-10,12-16H,11H2,1-4H3;3-13H,1-2H3/q4*+1/i15D2;14D2;11D2;. The van der Waals surface area contributed by atoms with E-state index in [9.17, 15) is 0 Å². The molecule has 0 amide bonds. The maximum Gasteiger partial charge on any atom is 0.227 e. The molecule has 20 aromatic rings. The van der Waals surface area contributed by atoms with Crippen molar-refractivity contribution in [1.82, 2.24) is 19.9 Å². The minimum absolute atomic E-state index is 0.0834. The Kier molecular flexibility index (Phi) is 17.9. The number of fused-ring (bicyclic) bond motifs is 20. The van der Waals surface area contributed by atoms with Crippen molar-refractivity contribution in [3.05, 3.63) is 289 Å². The number of pyridine rings is 8. The number of hydrogen-bond donors (Lipinski definition) is 0. The van der Waals surface area contributed by atoms with E-state index in [1.807, 2.05) is 168 Å². The van der Waals surface area contributed by atoms with E-state index >= 15 is 0 Å². The summed E-state index contributed by atoms with van der Waals surface area (Å²) in [4.78, 5) is 18.2. The van der Waals surface area contributed by atoms with Gasteiger partial charge in [-0.2, -0.15) is 0 Å². The number of nitrogens with zero attached hydrogens (tertiary/aromatic N) is 8. The summed E-state index contributed by atoms with van der Waals surface area (Å²) < 4.78 is 85.6. The normalized spacial score (nSPS) is 14.7. The van der Waals surface area contributed by atoms with E-state index in [1.54, 1.807) is 0 Å². The number of aryl methyl sites for hydroxylation is 8.